The standard InChI is InChI=1S/C15H18O3S.3C2H6/c1-18-14-2-4-15(5-3-14)19-7-6-11-8-12(16)10-13(17)9-11;3*1-2/h2-5,10-11,16H,6-9H2,1H3;3*1-2H3. The number of hydrogen-bond donors (Lipinski definition) is 1. The molecule has 0 amide bonds. The fraction of sp³-hybridized carbons (Fsp3) is 0.571. The maximum Gasteiger partial charge on any atom is 0.159 e. The van der Waals surface area contributed by atoms with Crippen LogP contribution in [0.5, 0.6) is 5.75 Å². The molecule has 1 aliphatic rings. The largest absolute Gasteiger partial charge is 0.512 e. The summed E-state index contributed by atoms with van der Waals surface area (Å²) in [4.78, 5) is 12.5. The summed E-state index contributed by atoms with van der Waals surface area (Å²) in [5.74, 6) is 2.37. The number of thioether (sulfide) groups is 1. The number of benzene rings is 1. The van der Waals surface area contributed by atoms with Gasteiger partial charge in [-0.1, -0.05) is 41.5 Å². The first-order chi connectivity index (χ1) is 12.2. The predicted octanol–water partition coefficient (Wildman–Crippen LogP) is 6.68. The second-order valence-corrected chi connectivity index (χ2v) is 5.86. The Balaban J connectivity index is 0. The van der Waals surface area contributed by atoms with Crippen LogP contribution in [0.1, 0.15) is 60.8 Å². The first-order valence-corrected chi connectivity index (χ1v) is 10.3. The van der Waals surface area contributed by atoms with E-state index in [2.05, 4.69) is 0 Å². The van der Waals surface area contributed by atoms with Gasteiger partial charge in [-0.25, -0.2) is 0 Å². The molecule has 1 aromatic rings. The predicted molar refractivity (Wildman–Crippen MR) is 111 cm³/mol. The van der Waals surface area contributed by atoms with Crippen LogP contribution in [0.3, 0.4) is 0 Å². The van der Waals surface area contributed by atoms with E-state index in [1.165, 1.54) is 11.0 Å². The molecule has 1 N–H and O–H groups in total. The van der Waals surface area contributed by atoms with Crippen LogP contribution < -0.4 is 4.74 Å². The second-order valence-electron chi connectivity index (χ2n) is 4.69. The van der Waals surface area contributed by atoms with Crippen LogP contribution in [0.2, 0.25) is 0 Å². The summed E-state index contributed by atoms with van der Waals surface area (Å²) in [6, 6.07) is 7.96. The highest BCUT2D eigenvalue weighted by molar-refractivity contribution is 7.99. The molecule has 0 aliphatic heterocycles. The Morgan fingerprint density at radius 2 is 1.60 bits per heavy atom. The first-order valence-electron chi connectivity index (χ1n) is 9.36. The Bertz CT molecular complexity index is 467. The van der Waals surface area contributed by atoms with Gasteiger partial charge in [0.05, 0.1) is 12.9 Å². The summed E-state index contributed by atoms with van der Waals surface area (Å²) < 4.78 is 5.11. The van der Waals surface area contributed by atoms with E-state index in [0.29, 0.717) is 12.8 Å². The van der Waals surface area contributed by atoms with E-state index >= 15 is 0 Å². The van der Waals surface area contributed by atoms with Crippen LogP contribution in [0.15, 0.2) is 41.0 Å². The highest BCUT2D eigenvalue weighted by Gasteiger charge is 2.19. The van der Waals surface area contributed by atoms with E-state index in [4.69, 9.17) is 4.74 Å². The zero-order chi connectivity index (χ0) is 19.7. The van der Waals surface area contributed by atoms with Gasteiger partial charge < -0.3 is 9.84 Å². The van der Waals surface area contributed by atoms with Crippen molar-refractivity contribution >= 4 is 17.5 Å². The number of carbonyl (C=O) groups excluding carboxylic acids is 1. The molecule has 1 atom stereocenters. The van der Waals surface area contributed by atoms with Crippen LogP contribution in [-0.2, 0) is 4.79 Å². The van der Waals surface area contributed by atoms with Gasteiger partial charge in [0.1, 0.15) is 5.75 Å². The lowest BCUT2D eigenvalue weighted by molar-refractivity contribution is -0.116. The number of ether oxygens (including phenoxy) is 1. The molecule has 0 spiro atoms. The maximum absolute atomic E-state index is 11.3. The summed E-state index contributed by atoms with van der Waals surface area (Å²) in [6.45, 7) is 12.0. The van der Waals surface area contributed by atoms with Gasteiger partial charge in [-0.2, -0.15) is 0 Å². The lowest BCUT2D eigenvalue weighted by Gasteiger charge is -2.18. The third kappa shape index (κ3) is 11.7. The normalized spacial score (nSPS) is 15.2. The van der Waals surface area contributed by atoms with Crippen LogP contribution in [0, 0.1) is 5.92 Å². The van der Waals surface area contributed by atoms with E-state index in [1.807, 2.05) is 65.8 Å². The number of methoxy groups -OCH3 is 1. The Morgan fingerprint density at radius 3 is 2.08 bits per heavy atom. The molecule has 0 saturated heterocycles. The van der Waals surface area contributed by atoms with Crippen molar-refractivity contribution in [2.24, 2.45) is 5.92 Å². The third-order valence-electron chi connectivity index (χ3n) is 3.17. The minimum absolute atomic E-state index is 0.0446. The van der Waals surface area contributed by atoms with Crippen LogP contribution in [0.25, 0.3) is 0 Å². The molecule has 25 heavy (non-hydrogen) atoms. The van der Waals surface area contributed by atoms with E-state index in [9.17, 15) is 9.90 Å². The summed E-state index contributed by atoms with van der Waals surface area (Å²) in [5, 5.41) is 9.44. The van der Waals surface area contributed by atoms with Gasteiger partial charge >= 0.3 is 0 Å². The molecular weight excluding hydrogens is 332 g/mol. The SMILES string of the molecule is CC.CC.CC.COc1ccc(SCCC2CC(=O)C=C(O)C2)cc1. The van der Waals surface area contributed by atoms with Crippen molar-refractivity contribution in [3.8, 4) is 5.75 Å². The van der Waals surface area contributed by atoms with Crippen LogP contribution >= 0.6 is 11.8 Å². The molecule has 1 unspecified atom stereocenters. The quantitative estimate of drug-likeness (QED) is 0.589. The molecule has 0 bridgehead atoms. The van der Waals surface area contributed by atoms with Crippen molar-refractivity contribution in [1.29, 1.82) is 0 Å². The van der Waals surface area contributed by atoms with Crippen LogP contribution in [-0.4, -0.2) is 23.8 Å². The smallest absolute Gasteiger partial charge is 0.159 e. The number of hydrogen-bond acceptors (Lipinski definition) is 4. The van der Waals surface area contributed by atoms with Gasteiger partial charge in [0.2, 0.25) is 0 Å². The van der Waals surface area contributed by atoms with E-state index in [0.717, 1.165) is 17.9 Å². The minimum atomic E-state index is 0.0446. The molecule has 0 saturated carbocycles. The molecule has 1 aliphatic carbocycles. The van der Waals surface area contributed by atoms with Crippen LogP contribution in [0.4, 0.5) is 0 Å². The number of carbonyl (C=O) groups is 1. The summed E-state index contributed by atoms with van der Waals surface area (Å²) in [5.41, 5.74) is 0. The topological polar surface area (TPSA) is 46.5 Å². The van der Waals surface area contributed by atoms with Crippen molar-refractivity contribution in [2.75, 3.05) is 12.9 Å². The van der Waals surface area contributed by atoms with Crippen molar-refractivity contribution in [2.45, 2.75) is 65.7 Å². The van der Waals surface area contributed by atoms with E-state index in [1.54, 1.807) is 18.9 Å². The zero-order valence-electron chi connectivity index (χ0n) is 17.0. The van der Waals surface area contributed by atoms with Crippen molar-refractivity contribution < 1.29 is 14.6 Å². The number of aliphatic hydroxyl groups is 1. The number of allylic oxidation sites excluding steroid dienone is 2. The molecular formula is C21H36O3S. The Labute approximate surface area is 158 Å². The fourth-order valence-electron chi connectivity index (χ4n) is 2.18. The Kier molecular flexibility index (Phi) is 18.0. The number of rotatable bonds is 5. The third-order valence-corrected chi connectivity index (χ3v) is 4.21. The lowest BCUT2D eigenvalue weighted by atomic mass is 9.90. The highest BCUT2D eigenvalue weighted by atomic mass is 32.2. The van der Waals surface area contributed by atoms with E-state index < -0.39 is 0 Å². The summed E-state index contributed by atoms with van der Waals surface area (Å²) in [6.07, 6.45) is 3.50. The lowest BCUT2D eigenvalue weighted by Crippen LogP contribution is -2.14. The minimum Gasteiger partial charge on any atom is -0.512 e. The van der Waals surface area contributed by atoms with Gasteiger partial charge in [0, 0.05) is 23.8 Å². The zero-order valence-corrected chi connectivity index (χ0v) is 17.8. The molecule has 0 aromatic heterocycles. The molecule has 0 fully saturated rings. The average molecular weight is 369 g/mol. The molecule has 0 heterocycles. The van der Waals surface area contributed by atoms with Crippen molar-refractivity contribution in [3.63, 3.8) is 0 Å². The van der Waals surface area contributed by atoms with E-state index in [-0.39, 0.29) is 17.5 Å². The van der Waals surface area contributed by atoms with Gasteiger partial charge in [0.15, 0.2) is 5.78 Å². The Hall–Kier alpha value is -1.42. The van der Waals surface area contributed by atoms with Gasteiger partial charge in [-0.3, -0.25) is 4.79 Å². The molecule has 0 radical (unpaired) electrons. The molecule has 1 aromatic carbocycles. The van der Waals surface area contributed by atoms with Gasteiger partial charge in [0.25, 0.3) is 0 Å². The summed E-state index contributed by atoms with van der Waals surface area (Å²) in [7, 11) is 1.65. The number of aliphatic hydroxyl groups excluding tert-OH is 1. The molecule has 3 nitrogen and oxygen atoms in total. The van der Waals surface area contributed by atoms with Crippen molar-refractivity contribution in [3.05, 3.63) is 36.1 Å². The van der Waals surface area contributed by atoms with Gasteiger partial charge in [-0.05, 0) is 42.4 Å². The maximum atomic E-state index is 11.3. The molecule has 2 rings (SSSR count). The van der Waals surface area contributed by atoms with Gasteiger partial charge in [-0.15, -0.1) is 11.8 Å². The highest BCUT2D eigenvalue weighted by Crippen LogP contribution is 2.28. The Morgan fingerprint density at radius 1 is 1.04 bits per heavy atom. The first kappa shape index (κ1) is 25.8. The molecule has 144 valence electrons. The average Bonchev–Trinajstić information content (AvgIpc) is 2.66. The monoisotopic (exact) mass is 368 g/mol. The number of ketones is 1. The van der Waals surface area contributed by atoms with Crippen molar-refractivity contribution in [1.82, 2.24) is 0 Å². The second kappa shape index (κ2) is 17.4. The molecule has 4 heteroatoms. The summed E-state index contributed by atoms with van der Waals surface area (Å²) >= 11 is 1.77. The fourth-order valence-corrected chi connectivity index (χ4v) is 3.19.